The highest BCUT2D eigenvalue weighted by Gasteiger charge is 2.23. The van der Waals surface area contributed by atoms with Gasteiger partial charge in [0.15, 0.2) is 0 Å². The van der Waals surface area contributed by atoms with Crippen LogP contribution >= 0.6 is 0 Å². The highest BCUT2D eigenvalue weighted by Crippen LogP contribution is 2.28. The molecule has 1 aliphatic heterocycles. The zero-order chi connectivity index (χ0) is 28.7. The fourth-order valence-corrected chi connectivity index (χ4v) is 4.72. The van der Waals surface area contributed by atoms with E-state index < -0.39 is 11.6 Å². The Labute approximate surface area is 238 Å². The van der Waals surface area contributed by atoms with Crippen LogP contribution in [-0.4, -0.2) is 73.2 Å². The van der Waals surface area contributed by atoms with Crippen molar-refractivity contribution < 1.29 is 19.1 Å². The van der Waals surface area contributed by atoms with Gasteiger partial charge in [0, 0.05) is 38.3 Å². The summed E-state index contributed by atoms with van der Waals surface area (Å²) < 4.78 is 11.7. The van der Waals surface area contributed by atoms with Gasteiger partial charge in [-0.25, -0.2) is 4.79 Å². The molecule has 3 aromatic carbocycles. The molecule has 4 rings (SSSR count). The molecular weight excluding hydrogens is 502 g/mol. The third-order valence-corrected chi connectivity index (χ3v) is 7.04. The van der Waals surface area contributed by atoms with Gasteiger partial charge < -0.3 is 19.7 Å². The van der Waals surface area contributed by atoms with E-state index in [2.05, 4.69) is 22.0 Å². The molecule has 1 N–H and O–H groups in total. The number of rotatable bonds is 9. The van der Waals surface area contributed by atoms with E-state index in [0.29, 0.717) is 29.2 Å². The van der Waals surface area contributed by atoms with E-state index in [1.54, 1.807) is 12.1 Å². The Kier molecular flexibility index (Phi) is 9.61. The second-order valence-corrected chi connectivity index (χ2v) is 11.2. The first-order chi connectivity index (χ1) is 19.1. The molecule has 0 aliphatic carbocycles. The van der Waals surface area contributed by atoms with E-state index in [9.17, 15) is 9.59 Å². The van der Waals surface area contributed by atoms with Gasteiger partial charge in [-0.15, -0.1) is 0 Å². The summed E-state index contributed by atoms with van der Waals surface area (Å²) in [6.45, 7) is 16.3. The summed E-state index contributed by atoms with van der Waals surface area (Å²) in [6.07, 6.45) is 0. The lowest BCUT2D eigenvalue weighted by Crippen LogP contribution is -2.47. The first-order valence-corrected chi connectivity index (χ1v) is 14.1. The topological polar surface area (TPSA) is 71.1 Å². The minimum absolute atomic E-state index is 0.302. The largest absolute Gasteiger partial charge is 0.492 e. The van der Waals surface area contributed by atoms with Crippen molar-refractivity contribution in [3.05, 3.63) is 83.4 Å². The highest BCUT2D eigenvalue weighted by molar-refractivity contribution is 6.09. The quantitative estimate of drug-likeness (QED) is 0.340. The summed E-state index contributed by atoms with van der Waals surface area (Å²) in [7, 11) is 0. The fourth-order valence-electron chi connectivity index (χ4n) is 4.72. The van der Waals surface area contributed by atoms with Crippen LogP contribution in [0.25, 0.3) is 11.1 Å². The Morgan fingerprint density at radius 2 is 1.55 bits per heavy atom. The smallest absolute Gasteiger partial charge is 0.340 e. The third-order valence-electron chi connectivity index (χ3n) is 7.04. The van der Waals surface area contributed by atoms with Gasteiger partial charge in [0.1, 0.15) is 18.0 Å². The van der Waals surface area contributed by atoms with E-state index in [1.807, 2.05) is 82.3 Å². The number of anilines is 1. The summed E-state index contributed by atoms with van der Waals surface area (Å²) in [5.74, 6) is -0.155. The van der Waals surface area contributed by atoms with Crippen LogP contribution in [0.4, 0.5) is 5.69 Å². The number of hydrogen-bond donors (Lipinski definition) is 1. The molecule has 0 aromatic heterocycles. The predicted molar refractivity (Wildman–Crippen MR) is 160 cm³/mol. The number of esters is 1. The molecule has 1 heterocycles. The fraction of sp³-hybridized carbons (Fsp3) is 0.394. The van der Waals surface area contributed by atoms with Crippen molar-refractivity contribution >= 4 is 17.6 Å². The summed E-state index contributed by atoms with van der Waals surface area (Å²) in [5, 5.41) is 2.98. The number of carbonyl (C=O) groups is 2. The predicted octanol–water partition coefficient (Wildman–Crippen LogP) is 5.89. The lowest BCUT2D eigenvalue weighted by molar-refractivity contribution is 0.00707. The molecule has 1 aliphatic rings. The second kappa shape index (κ2) is 13.1. The van der Waals surface area contributed by atoms with Crippen molar-refractivity contribution in [1.29, 1.82) is 0 Å². The average molecular weight is 544 g/mol. The van der Waals surface area contributed by atoms with Gasteiger partial charge >= 0.3 is 5.97 Å². The molecule has 7 heteroatoms. The number of carbonyl (C=O) groups excluding carboxylic acids is 2. The molecule has 1 fully saturated rings. The summed E-state index contributed by atoms with van der Waals surface area (Å²) in [4.78, 5) is 31.5. The van der Waals surface area contributed by atoms with Crippen LogP contribution in [0.3, 0.4) is 0 Å². The van der Waals surface area contributed by atoms with E-state index in [4.69, 9.17) is 9.47 Å². The highest BCUT2D eigenvalue weighted by atomic mass is 16.6. The third kappa shape index (κ3) is 7.93. The standard InChI is InChI=1S/C33H41N3O4/c1-6-35-16-18-36(19-17-35)20-21-39-27-14-12-24(2)29(23-27)31(37)34-30-22-26(25-10-8-7-9-11-25)13-15-28(30)32(38)40-33(3,4)5/h7-15,22-23H,6,16-21H2,1-5H3,(H,34,37). The molecule has 3 aromatic rings. The van der Waals surface area contributed by atoms with Gasteiger partial charge in [-0.05, 0) is 75.2 Å². The molecule has 0 unspecified atom stereocenters. The zero-order valence-electron chi connectivity index (χ0n) is 24.3. The van der Waals surface area contributed by atoms with Gasteiger partial charge in [0.05, 0.1) is 11.3 Å². The van der Waals surface area contributed by atoms with E-state index in [0.717, 1.165) is 56.0 Å². The van der Waals surface area contributed by atoms with Gasteiger partial charge in [0.25, 0.3) is 5.91 Å². The lowest BCUT2D eigenvalue weighted by atomic mass is 10.0. The number of likely N-dealkylation sites (N-methyl/N-ethyl adjacent to an activating group) is 1. The molecule has 212 valence electrons. The number of nitrogens with zero attached hydrogens (tertiary/aromatic N) is 2. The molecule has 0 atom stereocenters. The number of amides is 1. The number of ether oxygens (including phenoxy) is 2. The Balaban J connectivity index is 1.50. The minimum Gasteiger partial charge on any atom is -0.492 e. The number of benzene rings is 3. The minimum atomic E-state index is -0.664. The lowest BCUT2D eigenvalue weighted by Gasteiger charge is -2.33. The maximum atomic E-state index is 13.5. The van der Waals surface area contributed by atoms with E-state index in [-0.39, 0.29) is 5.91 Å². The van der Waals surface area contributed by atoms with Gasteiger partial charge in [-0.2, -0.15) is 0 Å². The van der Waals surface area contributed by atoms with Crippen LogP contribution < -0.4 is 10.1 Å². The molecule has 0 spiro atoms. The number of aryl methyl sites for hydroxylation is 1. The summed E-state index contributed by atoms with van der Waals surface area (Å²) >= 11 is 0. The van der Waals surface area contributed by atoms with Crippen molar-refractivity contribution in [2.75, 3.05) is 51.2 Å². The van der Waals surface area contributed by atoms with Crippen molar-refractivity contribution in [1.82, 2.24) is 9.80 Å². The maximum absolute atomic E-state index is 13.5. The van der Waals surface area contributed by atoms with Gasteiger partial charge in [-0.1, -0.05) is 49.4 Å². The summed E-state index contributed by atoms with van der Waals surface area (Å²) in [5.41, 5.74) is 3.22. The molecule has 0 radical (unpaired) electrons. The van der Waals surface area contributed by atoms with Crippen LogP contribution in [0, 0.1) is 6.92 Å². The average Bonchev–Trinajstić information content (AvgIpc) is 2.93. The van der Waals surface area contributed by atoms with Crippen LogP contribution in [-0.2, 0) is 4.74 Å². The van der Waals surface area contributed by atoms with Gasteiger partial charge in [0.2, 0.25) is 0 Å². The maximum Gasteiger partial charge on any atom is 0.340 e. The summed E-state index contributed by atoms with van der Waals surface area (Å²) in [6, 6.07) is 20.8. The van der Waals surface area contributed by atoms with Gasteiger partial charge in [-0.3, -0.25) is 9.69 Å². The van der Waals surface area contributed by atoms with Crippen LogP contribution in [0.15, 0.2) is 66.7 Å². The molecule has 1 amide bonds. The number of nitrogens with one attached hydrogen (secondary N) is 1. The molecule has 1 saturated heterocycles. The molecule has 40 heavy (non-hydrogen) atoms. The number of piperazine rings is 1. The Hall–Kier alpha value is -3.68. The zero-order valence-corrected chi connectivity index (χ0v) is 24.3. The van der Waals surface area contributed by atoms with Crippen molar-refractivity contribution in [2.45, 2.75) is 40.2 Å². The van der Waals surface area contributed by atoms with E-state index >= 15 is 0 Å². The van der Waals surface area contributed by atoms with Crippen LogP contribution in [0.1, 0.15) is 54.0 Å². The van der Waals surface area contributed by atoms with Crippen molar-refractivity contribution in [3.63, 3.8) is 0 Å². The molecule has 0 bridgehead atoms. The van der Waals surface area contributed by atoms with Crippen molar-refractivity contribution in [3.8, 4) is 16.9 Å². The number of hydrogen-bond acceptors (Lipinski definition) is 6. The van der Waals surface area contributed by atoms with Crippen LogP contribution in [0.2, 0.25) is 0 Å². The Morgan fingerprint density at radius 3 is 2.23 bits per heavy atom. The normalized spacial score (nSPS) is 14.5. The SMILES string of the molecule is CCN1CCN(CCOc2ccc(C)c(C(=O)Nc3cc(-c4ccccc4)ccc3C(=O)OC(C)(C)C)c2)CC1. The Bertz CT molecular complexity index is 1310. The molecule has 0 saturated carbocycles. The van der Waals surface area contributed by atoms with Crippen LogP contribution in [0.5, 0.6) is 5.75 Å². The van der Waals surface area contributed by atoms with Crippen molar-refractivity contribution in [2.24, 2.45) is 0 Å². The second-order valence-electron chi connectivity index (χ2n) is 11.2. The molecule has 7 nitrogen and oxygen atoms in total. The monoisotopic (exact) mass is 543 g/mol. The first kappa shape index (κ1) is 29.3. The van der Waals surface area contributed by atoms with E-state index in [1.165, 1.54) is 0 Å². The first-order valence-electron chi connectivity index (χ1n) is 14.1. The molecular formula is C33H41N3O4. The Morgan fingerprint density at radius 1 is 0.850 bits per heavy atom.